The van der Waals surface area contributed by atoms with E-state index in [-0.39, 0.29) is 18.2 Å². The quantitative estimate of drug-likeness (QED) is 0.593. The van der Waals surface area contributed by atoms with E-state index in [1.807, 2.05) is 0 Å². The average molecular weight is 241 g/mol. The Labute approximate surface area is 98.9 Å². The Hall–Kier alpha value is -1.73. The number of nitrogens with two attached hydrogens (primary N) is 1. The third-order valence-electron chi connectivity index (χ3n) is 1.92. The van der Waals surface area contributed by atoms with E-state index in [0.29, 0.717) is 5.69 Å². The molecule has 0 bridgehead atoms. The van der Waals surface area contributed by atoms with Crippen LogP contribution in [0, 0.1) is 0 Å². The highest BCUT2D eigenvalue weighted by molar-refractivity contribution is 5.87. The largest absolute Gasteiger partial charge is 0.461 e. The number of nitrogens with zero attached hydrogens (tertiary/aromatic N) is 2. The maximum atomic E-state index is 11.5. The zero-order chi connectivity index (χ0) is 12.8. The summed E-state index contributed by atoms with van der Waals surface area (Å²) in [6.45, 7) is 1.96. The molecule has 0 amide bonds. The fourth-order valence-corrected chi connectivity index (χ4v) is 1.25. The van der Waals surface area contributed by atoms with Crippen molar-refractivity contribution in [1.29, 1.82) is 0 Å². The Bertz CT molecular complexity index is 393. The number of hydrogen-bond donors (Lipinski definition) is 1. The molecular weight excluding hydrogens is 226 g/mol. The van der Waals surface area contributed by atoms with Crippen molar-refractivity contribution in [2.24, 2.45) is 0 Å². The fourth-order valence-electron chi connectivity index (χ4n) is 1.25. The van der Waals surface area contributed by atoms with Crippen molar-refractivity contribution in [2.45, 2.75) is 13.2 Å². The third kappa shape index (κ3) is 3.36. The molecule has 94 valence electrons. The van der Waals surface area contributed by atoms with E-state index in [1.54, 1.807) is 6.92 Å². The van der Waals surface area contributed by atoms with Crippen molar-refractivity contribution in [1.82, 2.24) is 9.97 Å². The highest BCUT2D eigenvalue weighted by Crippen LogP contribution is 2.16. The van der Waals surface area contributed by atoms with E-state index in [0.717, 1.165) is 0 Å². The Morgan fingerprint density at radius 1 is 1.41 bits per heavy atom. The summed E-state index contributed by atoms with van der Waals surface area (Å²) in [4.78, 5) is 19.2. The van der Waals surface area contributed by atoms with Gasteiger partial charge in [-0.2, -0.15) is 0 Å². The molecule has 0 aliphatic heterocycles. The van der Waals surface area contributed by atoms with Gasteiger partial charge in [0.2, 0.25) is 12.2 Å². The van der Waals surface area contributed by atoms with Gasteiger partial charge in [-0.25, -0.2) is 14.8 Å². The lowest BCUT2D eigenvalue weighted by atomic mass is 10.3. The summed E-state index contributed by atoms with van der Waals surface area (Å²) in [7, 11) is 2.91. The van der Waals surface area contributed by atoms with Crippen LogP contribution in [0.25, 0.3) is 0 Å². The standard InChI is InChI=1S/C10H15N3O4/c1-4-17-8(14)6-5-7(9(15-2)16-3)13-10(11)12-6/h5,9H,4H2,1-3H3,(H2,11,12,13). The second-order valence-electron chi connectivity index (χ2n) is 3.06. The van der Waals surface area contributed by atoms with Crippen molar-refractivity contribution in [2.75, 3.05) is 26.6 Å². The van der Waals surface area contributed by atoms with Crippen LogP contribution in [-0.4, -0.2) is 36.8 Å². The molecule has 2 N–H and O–H groups in total. The highest BCUT2D eigenvalue weighted by atomic mass is 16.7. The SMILES string of the molecule is CCOC(=O)c1cc(C(OC)OC)nc(N)n1. The van der Waals surface area contributed by atoms with E-state index >= 15 is 0 Å². The summed E-state index contributed by atoms with van der Waals surface area (Å²) in [6, 6.07) is 1.42. The molecule has 1 aromatic heterocycles. The molecule has 1 rings (SSSR count). The summed E-state index contributed by atoms with van der Waals surface area (Å²) in [5.74, 6) is -0.599. The van der Waals surface area contributed by atoms with Crippen LogP contribution in [0.15, 0.2) is 6.07 Å². The van der Waals surface area contributed by atoms with Gasteiger partial charge in [0.05, 0.1) is 6.61 Å². The first kappa shape index (κ1) is 13.3. The van der Waals surface area contributed by atoms with E-state index in [2.05, 4.69) is 9.97 Å². The second-order valence-corrected chi connectivity index (χ2v) is 3.06. The minimum Gasteiger partial charge on any atom is -0.461 e. The molecule has 1 aromatic rings. The number of esters is 1. The van der Waals surface area contributed by atoms with Gasteiger partial charge in [0.1, 0.15) is 5.69 Å². The summed E-state index contributed by atoms with van der Waals surface area (Å²) < 4.78 is 14.8. The molecule has 1 heterocycles. The molecule has 0 saturated carbocycles. The lowest BCUT2D eigenvalue weighted by Gasteiger charge is -2.13. The van der Waals surface area contributed by atoms with E-state index in [9.17, 15) is 4.79 Å². The molecule has 17 heavy (non-hydrogen) atoms. The summed E-state index contributed by atoms with van der Waals surface area (Å²) >= 11 is 0. The molecule has 0 radical (unpaired) electrons. The van der Waals surface area contributed by atoms with Gasteiger partial charge in [0, 0.05) is 14.2 Å². The maximum absolute atomic E-state index is 11.5. The van der Waals surface area contributed by atoms with Gasteiger partial charge in [-0.1, -0.05) is 0 Å². The normalized spacial score (nSPS) is 10.6. The predicted molar refractivity (Wildman–Crippen MR) is 59.2 cm³/mol. The average Bonchev–Trinajstić information content (AvgIpc) is 2.30. The summed E-state index contributed by atoms with van der Waals surface area (Å²) in [5, 5.41) is 0. The Kier molecular flexibility index (Phi) is 4.80. The Morgan fingerprint density at radius 3 is 2.59 bits per heavy atom. The van der Waals surface area contributed by atoms with Crippen LogP contribution in [-0.2, 0) is 14.2 Å². The van der Waals surface area contributed by atoms with Crippen LogP contribution in [0.3, 0.4) is 0 Å². The number of methoxy groups -OCH3 is 2. The molecule has 0 spiro atoms. The maximum Gasteiger partial charge on any atom is 0.357 e. The van der Waals surface area contributed by atoms with Crippen molar-refractivity contribution < 1.29 is 19.0 Å². The van der Waals surface area contributed by atoms with Crippen molar-refractivity contribution in [3.8, 4) is 0 Å². The van der Waals surface area contributed by atoms with Gasteiger partial charge < -0.3 is 19.9 Å². The van der Waals surface area contributed by atoms with Gasteiger partial charge in [-0.15, -0.1) is 0 Å². The molecule has 0 saturated heterocycles. The molecule has 0 aliphatic rings. The van der Waals surface area contributed by atoms with Gasteiger partial charge in [-0.3, -0.25) is 0 Å². The minimum atomic E-state index is -0.700. The van der Waals surface area contributed by atoms with Crippen LogP contribution in [0.2, 0.25) is 0 Å². The van der Waals surface area contributed by atoms with Crippen LogP contribution >= 0.6 is 0 Å². The predicted octanol–water partition coefficient (Wildman–Crippen LogP) is 0.527. The number of carbonyl (C=O) groups is 1. The number of carbonyl (C=O) groups excluding carboxylic acids is 1. The van der Waals surface area contributed by atoms with Gasteiger partial charge >= 0.3 is 5.97 Å². The second kappa shape index (κ2) is 6.12. The zero-order valence-corrected chi connectivity index (χ0v) is 9.97. The molecule has 7 heteroatoms. The first-order valence-electron chi connectivity index (χ1n) is 4.99. The Morgan fingerprint density at radius 2 is 2.06 bits per heavy atom. The Balaban J connectivity index is 3.05. The number of nitrogen functional groups attached to an aromatic ring is 1. The van der Waals surface area contributed by atoms with E-state index in [4.69, 9.17) is 19.9 Å². The van der Waals surface area contributed by atoms with Crippen LogP contribution in [0.1, 0.15) is 29.4 Å². The summed E-state index contributed by atoms with van der Waals surface area (Å²) in [5.41, 5.74) is 5.94. The number of ether oxygens (including phenoxy) is 3. The lowest BCUT2D eigenvalue weighted by Crippen LogP contribution is -2.14. The molecule has 0 atom stereocenters. The number of anilines is 1. The van der Waals surface area contributed by atoms with E-state index in [1.165, 1.54) is 20.3 Å². The van der Waals surface area contributed by atoms with Crippen molar-refractivity contribution in [3.63, 3.8) is 0 Å². The van der Waals surface area contributed by atoms with Gasteiger partial charge in [0.15, 0.2) is 5.69 Å². The number of hydrogen-bond acceptors (Lipinski definition) is 7. The lowest BCUT2D eigenvalue weighted by molar-refractivity contribution is -0.108. The van der Waals surface area contributed by atoms with Crippen molar-refractivity contribution >= 4 is 11.9 Å². The molecule has 0 fully saturated rings. The van der Waals surface area contributed by atoms with Crippen molar-refractivity contribution in [3.05, 3.63) is 17.5 Å². The molecule has 0 aliphatic carbocycles. The summed E-state index contributed by atoms with van der Waals surface area (Å²) in [6.07, 6.45) is -0.700. The number of rotatable bonds is 5. The molecule has 0 aromatic carbocycles. The first-order chi connectivity index (χ1) is 8.12. The smallest absolute Gasteiger partial charge is 0.357 e. The fraction of sp³-hybridized carbons (Fsp3) is 0.500. The van der Waals surface area contributed by atoms with Crippen LogP contribution in [0.4, 0.5) is 5.95 Å². The molecular formula is C10H15N3O4. The third-order valence-corrected chi connectivity index (χ3v) is 1.92. The van der Waals surface area contributed by atoms with Crippen LogP contribution < -0.4 is 5.73 Å². The molecule has 0 unspecified atom stereocenters. The van der Waals surface area contributed by atoms with Gasteiger partial charge in [0.25, 0.3) is 0 Å². The number of aromatic nitrogens is 2. The topological polar surface area (TPSA) is 96.6 Å². The highest BCUT2D eigenvalue weighted by Gasteiger charge is 2.17. The minimum absolute atomic E-state index is 0.0374. The van der Waals surface area contributed by atoms with Crippen LogP contribution in [0.5, 0.6) is 0 Å². The van der Waals surface area contributed by atoms with E-state index < -0.39 is 12.3 Å². The first-order valence-corrected chi connectivity index (χ1v) is 4.99. The van der Waals surface area contributed by atoms with Gasteiger partial charge in [-0.05, 0) is 13.0 Å². The molecule has 7 nitrogen and oxygen atoms in total. The zero-order valence-electron chi connectivity index (χ0n) is 9.97. The monoisotopic (exact) mass is 241 g/mol.